The highest BCUT2D eigenvalue weighted by Crippen LogP contribution is 2.40. The second kappa shape index (κ2) is 20.2. The van der Waals surface area contributed by atoms with E-state index < -0.39 is 176 Å². The van der Waals surface area contributed by atoms with Crippen molar-refractivity contribution in [1.82, 2.24) is 0 Å². The lowest BCUT2D eigenvalue weighted by Crippen LogP contribution is -2.65. The average molecular weight is 949 g/mol. The number of aliphatic hydroxyl groups is 12. The molecule has 0 aliphatic carbocycles. The number of aromatic hydroxyl groups is 3. The van der Waals surface area contributed by atoms with Gasteiger partial charge in [-0.2, -0.15) is 0 Å². The van der Waals surface area contributed by atoms with Crippen molar-refractivity contribution in [1.29, 1.82) is 0 Å². The number of methoxy groups -OCH3 is 1. The Bertz CT molecular complexity index is 2190. The van der Waals surface area contributed by atoms with Crippen molar-refractivity contribution in [2.45, 2.75) is 130 Å². The van der Waals surface area contributed by atoms with Gasteiger partial charge in [-0.15, -0.1) is 0 Å². The van der Waals surface area contributed by atoms with Crippen LogP contribution in [0.4, 0.5) is 0 Å². The maximum atomic E-state index is 14.0. The molecule has 26 nitrogen and oxygen atoms in total. The first-order valence-electron chi connectivity index (χ1n) is 20.4. The number of phenols is 3. The molecule has 2 aromatic carbocycles. The molecule has 0 bridgehead atoms. The minimum atomic E-state index is -2.13. The molecule has 4 saturated heterocycles. The van der Waals surface area contributed by atoms with Crippen molar-refractivity contribution in [3.63, 3.8) is 0 Å². The second-order valence-corrected chi connectivity index (χ2v) is 16.1. The summed E-state index contributed by atoms with van der Waals surface area (Å²) in [4.78, 5) is 14.0. The van der Waals surface area contributed by atoms with Crippen LogP contribution in [0.25, 0.3) is 22.3 Å². The van der Waals surface area contributed by atoms with Gasteiger partial charge in [0.1, 0.15) is 114 Å². The predicted octanol–water partition coefficient (Wildman–Crippen LogP) is -5.74. The van der Waals surface area contributed by atoms with E-state index in [1.54, 1.807) is 0 Å². The third-order valence-electron chi connectivity index (χ3n) is 11.7. The Labute approximate surface area is 371 Å². The first-order chi connectivity index (χ1) is 31.2. The monoisotopic (exact) mass is 948 g/mol. The summed E-state index contributed by atoms with van der Waals surface area (Å²) in [5.74, 6) is -2.81. The SMILES string of the molecule is COc1cc(-c2oc3cc(O)cc(O)c3c(=O)c2OC2OC(COC3OC(COC4OC(CO)C(O)C(O)C4O)C(O)C(O)C3OC3OC(C)C(O)C(O)C3O)C(O)C(O)C2O)ccc1O. The van der Waals surface area contributed by atoms with E-state index in [1.807, 2.05) is 0 Å². The van der Waals surface area contributed by atoms with Crippen molar-refractivity contribution < 1.29 is 124 Å². The fraction of sp³-hybridized carbons (Fsp3) is 0.625. The second-order valence-electron chi connectivity index (χ2n) is 16.1. The van der Waals surface area contributed by atoms with Crippen molar-refractivity contribution in [2.24, 2.45) is 0 Å². The molecule has 7 rings (SSSR count). The maximum Gasteiger partial charge on any atom is 0.239 e. The van der Waals surface area contributed by atoms with Crippen LogP contribution in [0, 0.1) is 0 Å². The molecular weight excluding hydrogens is 896 g/mol. The molecule has 368 valence electrons. The zero-order valence-electron chi connectivity index (χ0n) is 34.8. The Balaban J connectivity index is 1.16. The van der Waals surface area contributed by atoms with Crippen molar-refractivity contribution in [2.75, 3.05) is 26.9 Å². The quantitative estimate of drug-likeness (QED) is 0.0759. The van der Waals surface area contributed by atoms with Crippen LogP contribution >= 0.6 is 0 Å². The number of hydrogen-bond acceptors (Lipinski definition) is 26. The molecule has 66 heavy (non-hydrogen) atoms. The van der Waals surface area contributed by atoms with Crippen LogP contribution in [0.5, 0.6) is 28.7 Å². The Morgan fingerprint density at radius 3 is 1.80 bits per heavy atom. The Kier molecular flexibility index (Phi) is 15.3. The van der Waals surface area contributed by atoms with Crippen LogP contribution in [0.2, 0.25) is 0 Å². The molecule has 4 fully saturated rings. The van der Waals surface area contributed by atoms with E-state index in [1.165, 1.54) is 32.2 Å². The molecule has 3 aromatic rings. The fourth-order valence-corrected chi connectivity index (χ4v) is 7.84. The summed E-state index contributed by atoms with van der Waals surface area (Å²) >= 11 is 0. The van der Waals surface area contributed by atoms with Gasteiger partial charge < -0.3 is 124 Å². The Morgan fingerprint density at radius 1 is 0.591 bits per heavy atom. The molecule has 0 amide bonds. The smallest absolute Gasteiger partial charge is 0.239 e. The highest BCUT2D eigenvalue weighted by Gasteiger charge is 2.53. The van der Waals surface area contributed by atoms with Gasteiger partial charge in [-0.05, 0) is 25.1 Å². The lowest BCUT2D eigenvalue weighted by Gasteiger charge is -2.47. The molecule has 5 heterocycles. The number of rotatable bonds is 13. The molecule has 4 aliphatic rings. The van der Waals surface area contributed by atoms with Gasteiger partial charge in [0.05, 0.1) is 33.0 Å². The largest absolute Gasteiger partial charge is 0.508 e. The minimum Gasteiger partial charge on any atom is -0.508 e. The summed E-state index contributed by atoms with van der Waals surface area (Å²) < 4.78 is 56.6. The van der Waals surface area contributed by atoms with Crippen LogP contribution in [-0.2, 0) is 33.2 Å². The molecule has 1 aromatic heterocycles. The van der Waals surface area contributed by atoms with E-state index >= 15 is 0 Å². The number of ether oxygens (including phenoxy) is 9. The number of hydrogen-bond donors (Lipinski definition) is 15. The van der Waals surface area contributed by atoms with Crippen LogP contribution in [-0.4, -0.2) is 226 Å². The van der Waals surface area contributed by atoms with Crippen LogP contribution < -0.4 is 14.9 Å². The number of phenolic OH excluding ortho intramolecular Hbond substituents is 3. The van der Waals surface area contributed by atoms with Gasteiger partial charge in [0.2, 0.25) is 17.5 Å². The van der Waals surface area contributed by atoms with Crippen molar-refractivity contribution in [3.05, 3.63) is 40.6 Å². The molecule has 26 heteroatoms. The van der Waals surface area contributed by atoms with E-state index in [0.717, 1.165) is 12.1 Å². The Morgan fingerprint density at radius 2 is 1.15 bits per heavy atom. The molecule has 20 atom stereocenters. The van der Waals surface area contributed by atoms with Gasteiger partial charge in [-0.1, -0.05) is 0 Å². The molecule has 4 aliphatic heterocycles. The third-order valence-corrected chi connectivity index (χ3v) is 11.7. The molecular formula is C40H52O26. The van der Waals surface area contributed by atoms with E-state index in [0.29, 0.717) is 0 Å². The summed E-state index contributed by atoms with van der Waals surface area (Å²) in [5.41, 5.74) is -1.40. The summed E-state index contributed by atoms with van der Waals surface area (Å²) in [5, 5.41) is 158. The summed E-state index contributed by atoms with van der Waals surface area (Å²) in [7, 11) is 1.24. The Hall–Kier alpha value is -4.11. The van der Waals surface area contributed by atoms with Gasteiger partial charge in [-0.25, -0.2) is 0 Å². The van der Waals surface area contributed by atoms with Gasteiger partial charge in [-0.3, -0.25) is 4.79 Å². The topological polar surface area (TPSA) is 417 Å². The minimum absolute atomic E-state index is 0.0158. The van der Waals surface area contributed by atoms with Crippen LogP contribution in [0.15, 0.2) is 39.5 Å². The van der Waals surface area contributed by atoms with Crippen molar-refractivity contribution >= 4 is 11.0 Å². The summed E-state index contributed by atoms with van der Waals surface area (Å²) in [6, 6.07) is 5.55. The van der Waals surface area contributed by atoms with E-state index in [2.05, 4.69) is 0 Å². The summed E-state index contributed by atoms with van der Waals surface area (Å²) in [6.45, 7) is -1.11. The first kappa shape index (κ1) is 49.8. The molecule has 20 unspecified atom stereocenters. The highest BCUT2D eigenvalue weighted by molar-refractivity contribution is 5.88. The number of aliphatic hydroxyl groups excluding tert-OH is 12. The van der Waals surface area contributed by atoms with Gasteiger partial charge >= 0.3 is 0 Å². The van der Waals surface area contributed by atoms with Gasteiger partial charge in [0.15, 0.2) is 36.1 Å². The maximum absolute atomic E-state index is 14.0. The first-order valence-corrected chi connectivity index (χ1v) is 20.4. The highest BCUT2D eigenvalue weighted by atomic mass is 16.8. The van der Waals surface area contributed by atoms with E-state index in [-0.39, 0.29) is 22.6 Å². The zero-order valence-corrected chi connectivity index (χ0v) is 34.8. The standard InChI is InChI=1S/C40H52O26/c1-11-22(45)27(50)32(55)38(60-11)66-36-30(53)25(48)20(9-58-37-31(54)28(51)23(46)18(8-41)62-37)64-40(36)59-10-19-24(47)29(52)33(56)39(63-19)65-35-26(49)21-15(44)6-13(42)7-17(21)61-34(35)12-3-4-14(43)16(5-12)57-2/h3-7,11,18-20,22-25,27-33,36-48,50-56H,8-10H2,1-2H3. The van der Waals surface area contributed by atoms with Gasteiger partial charge in [0.25, 0.3) is 0 Å². The fourth-order valence-electron chi connectivity index (χ4n) is 7.84. The summed E-state index contributed by atoms with van der Waals surface area (Å²) in [6.07, 6.45) is -36.4. The molecule has 0 spiro atoms. The average Bonchev–Trinajstić information content (AvgIpc) is 3.29. The molecule has 0 radical (unpaired) electrons. The van der Waals surface area contributed by atoms with Crippen LogP contribution in [0.1, 0.15) is 6.92 Å². The zero-order chi connectivity index (χ0) is 48.0. The number of benzene rings is 2. The molecule has 15 N–H and O–H groups in total. The predicted molar refractivity (Wildman–Crippen MR) is 210 cm³/mol. The van der Waals surface area contributed by atoms with Crippen LogP contribution in [0.3, 0.4) is 0 Å². The lowest BCUT2D eigenvalue weighted by atomic mass is 9.97. The lowest BCUT2D eigenvalue weighted by molar-refractivity contribution is -0.374. The van der Waals surface area contributed by atoms with E-state index in [9.17, 15) is 81.4 Å². The third kappa shape index (κ3) is 9.63. The van der Waals surface area contributed by atoms with E-state index in [4.69, 9.17) is 47.0 Å². The normalized spacial score (nSPS) is 39.7. The van der Waals surface area contributed by atoms with Crippen molar-refractivity contribution in [3.8, 4) is 40.1 Å². The molecule has 0 saturated carbocycles. The number of fused-ring (bicyclic) bond motifs is 1. The van der Waals surface area contributed by atoms with Gasteiger partial charge in [0, 0.05) is 17.7 Å².